The predicted octanol–water partition coefficient (Wildman–Crippen LogP) is 3.76. The molecule has 4 heteroatoms. The topological polar surface area (TPSA) is 61.8 Å². The third-order valence-electron chi connectivity index (χ3n) is 3.25. The Kier molecular flexibility index (Phi) is 3.90. The molecule has 0 amide bonds. The van der Waals surface area contributed by atoms with Crippen LogP contribution in [0.2, 0.25) is 0 Å². The van der Waals surface area contributed by atoms with Gasteiger partial charge in [0.15, 0.2) is 0 Å². The molecule has 0 aliphatic carbocycles. The maximum absolute atomic E-state index is 13.6. The molecule has 0 aliphatic rings. The molecular weight excluding hydrogens is 253 g/mol. The number of hydrogen-bond donors (Lipinski definition) is 2. The Morgan fingerprint density at radius 3 is 2.60 bits per heavy atom. The van der Waals surface area contributed by atoms with E-state index in [2.05, 4.69) is 5.32 Å². The standard InChI is InChI=1S/C16H16FN3/c1-10-3-5-13(8-14(10)17)11(2)20-16-6-4-12(9-18)7-15(16)19/h3-8,11,20H,19H2,1-2H3. The fourth-order valence-corrected chi connectivity index (χ4v) is 1.96. The number of rotatable bonds is 3. The lowest BCUT2D eigenvalue weighted by atomic mass is 10.1. The molecule has 1 atom stereocenters. The Hall–Kier alpha value is -2.54. The zero-order valence-electron chi connectivity index (χ0n) is 11.4. The highest BCUT2D eigenvalue weighted by atomic mass is 19.1. The van der Waals surface area contributed by atoms with Crippen LogP contribution >= 0.6 is 0 Å². The third-order valence-corrected chi connectivity index (χ3v) is 3.25. The summed E-state index contributed by atoms with van der Waals surface area (Å²) in [7, 11) is 0. The molecule has 2 aromatic rings. The Bertz CT molecular complexity index is 674. The predicted molar refractivity (Wildman–Crippen MR) is 78.7 cm³/mol. The zero-order valence-corrected chi connectivity index (χ0v) is 11.4. The average Bonchev–Trinajstić information content (AvgIpc) is 2.43. The molecule has 1 unspecified atom stereocenters. The Morgan fingerprint density at radius 1 is 1.25 bits per heavy atom. The second-order valence-electron chi connectivity index (χ2n) is 4.79. The van der Waals surface area contributed by atoms with E-state index in [1.54, 1.807) is 31.2 Å². The molecule has 0 aromatic heterocycles. The van der Waals surface area contributed by atoms with Gasteiger partial charge in [-0.25, -0.2) is 4.39 Å². The van der Waals surface area contributed by atoms with Crippen molar-refractivity contribution in [2.75, 3.05) is 11.1 Å². The molecule has 0 saturated carbocycles. The molecular formula is C16H16FN3. The van der Waals surface area contributed by atoms with E-state index in [0.717, 1.165) is 11.3 Å². The van der Waals surface area contributed by atoms with Crippen LogP contribution in [0.4, 0.5) is 15.8 Å². The first-order valence-electron chi connectivity index (χ1n) is 6.33. The number of aryl methyl sites for hydroxylation is 1. The van der Waals surface area contributed by atoms with Gasteiger partial charge in [0, 0.05) is 6.04 Å². The van der Waals surface area contributed by atoms with Crippen molar-refractivity contribution >= 4 is 11.4 Å². The largest absolute Gasteiger partial charge is 0.397 e. The van der Waals surface area contributed by atoms with E-state index in [4.69, 9.17) is 11.0 Å². The van der Waals surface area contributed by atoms with Crippen LogP contribution in [0.15, 0.2) is 36.4 Å². The number of benzene rings is 2. The molecule has 2 rings (SSSR count). The third kappa shape index (κ3) is 2.89. The van der Waals surface area contributed by atoms with Gasteiger partial charge in [0.2, 0.25) is 0 Å². The first-order chi connectivity index (χ1) is 9.51. The van der Waals surface area contributed by atoms with Crippen LogP contribution in [0.3, 0.4) is 0 Å². The monoisotopic (exact) mass is 269 g/mol. The number of hydrogen-bond acceptors (Lipinski definition) is 3. The van der Waals surface area contributed by atoms with Crippen LogP contribution in [0.1, 0.15) is 29.7 Å². The highest BCUT2D eigenvalue weighted by molar-refractivity contribution is 5.68. The molecule has 102 valence electrons. The summed E-state index contributed by atoms with van der Waals surface area (Å²) in [5.41, 5.74) is 9.11. The number of nitrogens with one attached hydrogen (secondary N) is 1. The van der Waals surface area contributed by atoms with Crippen LogP contribution in [0.5, 0.6) is 0 Å². The summed E-state index contributed by atoms with van der Waals surface area (Å²) in [6.07, 6.45) is 0. The minimum absolute atomic E-state index is 0.0830. The van der Waals surface area contributed by atoms with E-state index in [-0.39, 0.29) is 11.9 Å². The number of halogens is 1. The number of anilines is 2. The summed E-state index contributed by atoms with van der Waals surface area (Å²) < 4.78 is 13.6. The van der Waals surface area contributed by atoms with E-state index in [9.17, 15) is 4.39 Å². The Labute approximate surface area is 117 Å². The minimum atomic E-state index is -0.219. The van der Waals surface area contributed by atoms with Crippen molar-refractivity contribution in [3.8, 4) is 6.07 Å². The lowest BCUT2D eigenvalue weighted by molar-refractivity contribution is 0.614. The van der Waals surface area contributed by atoms with Crippen LogP contribution in [-0.4, -0.2) is 0 Å². The number of nitrogens with zero attached hydrogens (tertiary/aromatic N) is 1. The Balaban J connectivity index is 2.21. The number of nitrogens with two attached hydrogens (primary N) is 1. The van der Waals surface area contributed by atoms with Gasteiger partial charge in [-0.1, -0.05) is 12.1 Å². The van der Waals surface area contributed by atoms with E-state index >= 15 is 0 Å². The molecule has 0 saturated heterocycles. The van der Waals surface area contributed by atoms with Crippen LogP contribution in [0.25, 0.3) is 0 Å². The minimum Gasteiger partial charge on any atom is -0.397 e. The molecule has 0 heterocycles. The smallest absolute Gasteiger partial charge is 0.126 e. The van der Waals surface area contributed by atoms with Gasteiger partial charge in [-0.2, -0.15) is 5.26 Å². The van der Waals surface area contributed by atoms with Crippen molar-refractivity contribution in [3.63, 3.8) is 0 Å². The lowest BCUT2D eigenvalue weighted by Crippen LogP contribution is -2.09. The van der Waals surface area contributed by atoms with Gasteiger partial charge < -0.3 is 11.1 Å². The van der Waals surface area contributed by atoms with E-state index in [1.807, 2.05) is 19.1 Å². The fraction of sp³-hybridized carbons (Fsp3) is 0.188. The summed E-state index contributed by atoms with van der Waals surface area (Å²) in [5, 5.41) is 12.0. The molecule has 0 spiro atoms. The molecule has 0 bridgehead atoms. The van der Waals surface area contributed by atoms with Crippen molar-refractivity contribution in [3.05, 3.63) is 58.9 Å². The van der Waals surface area contributed by atoms with Crippen molar-refractivity contribution in [1.29, 1.82) is 5.26 Å². The molecule has 0 radical (unpaired) electrons. The van der Waals surface area contributed by atoms with Gasteiger partial charge in [0.25, 0.3) is 0 Å². The fourth-order valence-electron chi connectivity index (χ4n) is 1.96. The SMILES string of the molecule is Cc1ccc(C(C)Nc2ccc(C#N)cc2N)cc1F. The maximum Gasteiger partial charge on any atom is 0.126 e. The second-order valence-corrected chi connectivity index (χ2v) is 4.79. The molecule has 20 heavy (non-hydrogen) atoms. The highest BCUT2D eigenvalue weighted by Crippen LogP contribution is 2.25. The zero-order chi connectivity index (χ0) is 14.7. The average molecular weight is 269 g/mol. The first kappa shape index (κ1) is 13.9. The van der Waals surface area contributed by atoms with E-state index in [0.29, 0.717) is 16.8 Å². The summed E-state index contributed by atoms with van der Waals surface area (Å²) in [5.74, 6) is -0.219. The highest BCUT2D eigenvalue weighted by Gasteiger charge is 2.09. The summed E-state index contributed by atoms with van der Waals surface area (Å²) >= 11 is 0. The van der Waals surface area contributed by atoms with Gasteiger partial charge in [-0.05, 0) is 49.2 Å². The van der Waals surface area contributed by atoms with Crippen LogP contribution in [0, 0.1) is 24.1 Å². The lowest BCUT2D eigenvalue weighted by Gasteiger charge is -2.17. The summed E-state index contributed by atoms with van der Waals surface area (Å²) in [6.45, 7) is 3.66. The molecule has 3 N–H and O–H groups in total. The van der Waals surface area contributed by atoms with Crippen LogP contribution in [-0.2, 0) is 0 Å². The van der Waals surface area contributed by atoms with Crippen molar-refractivity contribution < 1.29 is 4.39 Å². The summed E-state index contributed by atoms with van der Waals surface area (Å²) in [4.78, 5) is 0. The summed E-state index contributed by atoms with van der Waals surface area (Å²) in [6, 6.07) is 12.2. The van der Waals surface area contributed by atoms with Gasteiger partial charge in [0.05, 0.1) is 23.0 Å². The Morgan fingerprint density at radius 2 is 2.00 bits per heavy atom. The van der Waals surface area contributed by atoms with Crippen molar-refractivity contribution in [2.24, 2.45) is 0 Å². The normalized spacial score (nSPS) is 11.7. The second kappa shape index (κ2) is 5.62. The number of nitriles is 1. The molecule has 2 aromatic carbocycles. The molecule has 0 fully saturated rings. The van der Waals surface area contributed by atoms with Gasteiger partial charge in [0.1, 0.15) is 5.82 Å². The van der Waals surface area contributed by atoms with Crippen molar-refractivity contribution in [2.45, 2.75) is 19.9 Å². The van der Waals surface area contributed by atoms with Crippen molar-refractivity contribution in [1.82, 2.24) is 0 Å². The number of nitrogen functional groups attached to an aromatic ring is 1. The van der Waals surface area contributed by atoms with E-state index in [1.165, 1.54) is 6.07 Å². The van der Waals surface area contributed by atoms with Gasteiger partial charge in [-0.3, -0.25) is 0 Å². The maximum atomic E-state index is 13.6. The molecule has 0 aliphatic heterocycles. The van der Waals surface area contributed by atoms with E-state index < -0.39 is 0 Å². The van der Waals surface area contributed by atoms with Crippen LogP contribution < -0.4 is 11.1 Å². The van der Waals surface area contributed by atoms with Gasteiger partial charge >= 0.3 is 0 Å². The van der Waals surface area contributed by atoms with Gasteiger partial charge in [-0.15, -0.1) is 0 Å². The quantitative estimate of drug-likeness (QED) is 0.834. The first-order valence-corrected chi connectivity index (χ1v) is 6.33. The molecule has 3 nitrogen and oxygen atoms in total.